The van der Waals surface area contributed by atoms with Crippen molar-refractivity contribution >= 4 is 28.8 Å². The number of carbonyl (C=O) groups is 2. The summed E-state index contributed by atoms with van der Waals surface area (Å²) < 4.78 is 5.88. The molecule has 1 saturated heterocycles. The molecule has 7 heteroatoms. The second-order valence-corrected chi connectivity index (χ2v) is 9.59. The number of ketones is 1. The number of ether oxygens (including phenoxy) is 1. The van der Waals surface area contributed by atoms with Crippen LogP contribution >= 0.6 is 11.3 Å². The molecule has 2 aromatic heterocycles. The second kappa shape index (κ2) is 10.2. The van der Waals surface area contributed by atoms with Gasteiger partial charge in [0.25, 0.3) is 11.7 Å². The number of hydrogen-bond acceptors (Lipinski definition) is 6. The molecule has 0 saturated carbocycles. The van der Waals surface area contributed by atoms with Crippen LogP contribution in [0.5, 0.6) is 5.75 Å². The van der Waals surface area contributed by atoms with Gasteiger partial charge in [-0.05, 0) is 59.8 Å². The summed E-state index contributed by atoms with van der Waals surface area (Å²) in [4.78, 5) is 32.6. The van der Waals surface area contributed by atoms with E-state index < -0.39 is 17.7 Å². The standard InChI is InChI=1S/C29H24N2O4S/c1-19-5-2-6-20(15-19)18-35-23-11-9-22(10-12-23)27(32)25-26(24-8-4-14-36-24)31(29(34)28(25)33)17-21-7-3-13-30-16-21/h2-16,26,32H,17-18H2,1H3/b27-25+. The maximum Gasteiger partial charge on any atom is 0.295 e. The van der Waals surface area contributed by atoms with Crippen LogP contribution in [0.2, 0.25) is 0 Å². The van der Waals surface area contributed by atoms with Crippen molar-refractivity contribution < 1.29 is 19.4 Å². The molecule has 0 bridgehead atoms. The Bertz CT molecular complexity index is 1410. The zero-order chi connectivity index (χ0) is 25.1. The highest BCUT2D eigenvalue weighted by Gasteiger charge is 2.46. The first-order valence-corrected chi connectivity index (χ1v) is 12.4. The van der Waals surface area contributed by atoms with Crippen LogP contribution in [0.4, 0.5) is 0 Å². The molecule has 5 rings (SSSR count). The lowest BCUT2D eigenvalue weighted by Crippen LogP contribution is -2.28. The lowest BCUT2D eigenvalue weighted by atomic mass is 9.99. The number of likely N-dealkylation sites (tertiary alicyclic amines) is 1. The van der Waals surface area contributed by atoms with E-state index in [1.165, 1.54) is 16.2 Å². The van der Waals surface area contributed by atoms with Crippen molar-refractivity contribution in [3.8, 4) is 5.75 Å². The third-order valence-corrected chi connectivity index (χ3v) is 6.97. The molecule has 1 aliphatic rings. The summed E-state index contributed by atoms with van der Waals surface area (Å²) >= 11 is 1.44. The average Bonchev–Trinajstić information content (AvgIpc) is 3.51. The summed E-state index contributed by atoms with van der Waals surface area (Å²) in [6, 6.07) is 21.7. The Morgan fingerprint density at radius 2 is 1.83 bits per heavy atom. The number of aryl methyl sites for hydroxylation is 1. The van der Waals surface area contributed by atoms with E-state index in [1.807, 2.05) is 48.7 Å². The van der Waals surface area contributed by atoms with Crippen LogP contribution in [-0.4, -0.2) is 26.7 Å². The topological polar surface area (TPSA) is 79.7 Å². The van der Waals surface area contributed by atoms with E-state index in [0.29, 0.717) is 17.9 Å². The summed E-state index contributed by atoms with van der Waals surface area (Å²) in [6.45, 7) is 2.67. The first kappa shape index (κ1) is 23.5. The zero-order valence-electron chi connectivity index (χ0n) is 19.6. The van der Waals surface area contributed by atoms with Crippen LogP contribution in [0.15, 0.2) is 96.1 Å². The number of thiophene rings is 1. The molecule has 1 atom stereocenters. The van der Waals surface area contributed by atoms with E-state index in [1.54, 1.807) is 42.7 Å². The molecule has 1 aliphatic heterocycles. The average molecular weight is 497 g/mol. The fraction of sp³-hybridized carbons (Fsp3) is 0.138. The van der Waals surface area contributed by atoms with Crippen LogP contribution in [0.25, 0.3) is 5.76 Å². The molecule has 0 aliphatic carbocycles. The second-order valence-electron chi connectivity index (χ2n) is 8.61. The van der Waals surface area contributed by atoms with Crippen LogP contribution in [0.1, 0.15) is 33.2 Å². The van der Waals surface area contributed by atoms with Gasteiger partial charge in [-0.2, -0.15) is 0 Å². The van der Waals surface area contributed by atoms with Crippen molar-refractivity contribution in [3.05, 3.63) is 123 Å². The molecular formula is C29H24N2O4S. The molecule has 1 fully saturated rings. The first-order valence-electron chi connectivity index (χ1n) is 11.5. The van der Waals surface area contributed by atoms with Gasteiger partial charge >= 0.3 is 0 Å². The fourth-order valence-electron chi connectivity index (χ4n) is 4.31. The molecule has 0 radical (unpaired) electrons. The molecule has 1 N–H and O–H groups in total. The van der Waals surface area contributed by atoms with Gasteiger partial charge in [0.2, 0.25) is 0 Å². The number of carbonyl (C=O) groups excluding carboxylic acids is 2. The van der Waals surface area contributed by atoms with Gasteiger partial charge in [-0.3, -0.25) is 14.6 Å². The summed E-state index contributed by atoms with van der Waals surface area (Å²) in [5, 5.41) is 13.1. The molecule has 180 valence electrons. The number of rotatable bonds is 7. The van der Waals surface area contributed by atoms with E-state index in [2.05, 4.69) is 11.1 Å². The van der Waals surface area contributed by atoms with Gasteiger partial charge in [0.1, 0.15) is 18.1 Å². The maximum atomic E-state index is 13.1. The third-order valence-electron chi connectivity index (χ3n) is 6.04. The Morgan fingerprint density at radius 3 is 2.53 bits per heavy atom. The summed E-state index contributed by atoms with van der Waals surface area (Å²) in [5.41, 5.74) is 3.55. The molecule has 0 spiro atoms. The summed E-state index contributed by atoms with van der Waals surface area (Å²) in [7, 11) is 0. The van der Waals surface area contributed by atoms with Gasteiger partial charge in [0, 0.05) is 29.4 Å². The third kappa shape index (κ3) is 4.78. The Balaban J connectivity index is 1.43. The largest absolute Gasteiger partial charge is 0.507 e. The molecular weight excluding hydrogens is 472 g/mol. The van der Waals surface area contributed by atoms with E-state index >= 15 is 0 Å². The minimum Gasteiger partial charge on any atom is -0.507 e. The van der Waals surface area contributed by atoms with E-state index in [9.17, 15) is 14.7 Å². The van der Waals surface area contributed by atoms with Gasteiger partial charge in [-0.1, -0.05) is 42.0 Å². The van der Waals surface area contributed by atoms with Crippen LogP contribution in [-0.2, 0) is 22.7 Å². The van der Waals surface area contributed by atoms with Crippen LogP contribution in [0, 0.1) is 6.92 Å². The highest BCUT2D eigenvalue weighted by molar-refractivity contribution is 7.10. The smallest absolute Gasteiger partial charge is 0.295 e. The summed E-state index contributed by atoms with van der Waals surface area (Å²) in [6.07, 6.45) is 3.32. The Morgan fingerprint density at radius 1 is 1.03 bits per heavy atom. The van der Waals surface area contributed by atoms with Gasteiger partial charge in [0.15, 0.2) is 0 Å². The molecule has 36 heavy (non-hydrogen) atoms. The number of nitrogens with zero attached hydrogens (tertiary/aromatic N) is 2. The van der Waals surface area contributed by atoms with E-state index in [-0.39, 0.29) is 17.9 Å². The van der Waals surface area contributed by atoms with Crippen molar-refractivity contribution in [2.75, 3.05) is 0 Å². The van der Waals surface area contributed by atoms with Crippen molar-refractivity contribution in [2.24, 2.45) is 0 Å². The fourth-order valence-corrected chi connectivity index (χ4v) is 5.15. The first-order chi connectivity index (χ1) is 17.5. The highest BCUT2D eigenvalue weighted by Crippen LogP contribution is 2.42. The summed E-state index contributed by atoms with van der Waals surface area (Å²) in [5.74, 6) is -0.906. The number of benzene rings is 2. The Hall–Kier alpha value is -4.23. The molecule has 3 heterocycles. The van der Waals surface area contributed by atoms with E-state index in [0.717, 1.165) is 21.6 Å². The number of aromatic nitrogens is 1. The number of aliphatic hydroxyl groups excluding tert-OH is 1. The number of Topliss-reactive ketones (excluding diaryl/α,β-unsaturated/α-hetero) is 1. The van der Waals surface area contributed by atoms with E-state index in [4.69, 9.17) is 4.74 Å². The number of hydrogen-bond donors (Lipinski definition) is 1. The van der Waals surface area contributed by atoms with Crippen molar-refractivity contribution in [2.45, 2.75) is 26.1 Å². The zero-order valence-corrected chi connectivity index (χ0v) is 20.4. The predicted octanol–water partition coefficient (Wildman–Crippen LogP) is 5.65. The highest BCUT2D eigenvalue weighted by atomic mass is 32.1. The van der Waals surface area contributed by atoms with Crippen LogP contribution in [0.3, 0.4) is 0 Å². The minimum absolute atomic E-state index is 0.0831. The van der Waals surface area contributed by atoms with Crippen LogP contribution < -0.4 is 4.74 Å². The lowest BCUT2D eigenvalue weighted by Gasteiger charge is -2.24. The monoisotopic (exact) mass is 496 g/mol. The number of aliphatic hydroxyl groups is 1. The number of pyridine rings is 1. The Labute approximate surface area is 213 Å². The molecule has 6 nitrogen and oxygen atoms in total. The minimum atomic E-state index is -0.699. The molecule has 1 unspecified atom stereocenters. The quantitative estimate of drug-likeness (QED) is 0.203. The van der Waals surface area contributed by atoms with Gasteiger partial charge in [0.05, 0.1) is 11.6 Å². The maximum absolute atomic E-state index is 13.1. The van der Waals surface area contributed by atoms with Gasteiger partial charge < -0.3 is 14.7 Å². The van der Waals surface area contributed by atoms with Gasteiger partial charge in [-0.15, -0.1) is 11.3 Å². The number of amides is 1. The lowest BCUT2D eigenvalue weighted by molar-refractivity contribution is -0.140. The molecule has 4 aromatic rings. The van der Waals surface area contributed by atoms with Crippen molar-refractivity contribution in [3.63, 3.8) is 0 Å². The predicted molar refractivity (Wildman–Crippen MR) is 138 cm³/mol. The normalized spacial score (nSPS) is 16.9. The van der Waals surface area contributed by atoms with Crippen molar-refractivity contribution in [1.82, 2.24) is 9.88 Å². The SMILES string of the molecule is Cc1cccc(COc2ccc(/C(O)=C3\C(=O)C(=O)N(Cc4cccnc4)C3c3cccs3)cc2)c1. The Kier molecular flexibility index (Phi) is 6.64. The van der Waals surface area contributed by atoms with Crippen molar-refractivity contribution in [1.29, 1.82) is 0 Å². The van der Waals surface area contributed by atoms with Gasteiger partial charge in [-0.25, -0.2) is 0 Å². The molecule has 1 amide bonds. The molecule has 2 aromatic carbocycles.